The summed E-state index contributed by atoms with van der Waals surface area (Å²) in [5, 5.41) is 18.2. The van der Waals surface area contributed by atoms with E-state index >= 15 is 0 Å². The SMILES string of the molecule is O=[N+]([O-])N=C1CC=Cc2cc3cc4ccccc4cc3cc21. The van der Waals surface area contributed by atoms with Gasteiger partial charge in [-0.15, -0.1) is 0 Å². The van der Waals surface area contributed by atoms with Crippen molar-refractivity contribution in [3.8, 4) is 0 Å². The average molecular weight is 288 g/mol. The van der Waals surface area contributed by atoms with Crippen molar-refractivity contribution in [3.05, 3.63) is 75.8 Å². The highest BCUT2D eigenvalue weighted by Gasteiger charge is 2.16. The third kappa shape index (κ3) is 2.05. The standard InChI is InChI=1S/C18H12N2O2/c21-20(22)19-18-7-3-6-14-10-15-8-12-4-1-2-5-13(12)9-16(15)11-17(14)18/h1-6,8-11H,7H2. The molecule has 4 nitrogen and oxygen atoms in total. The number of nitro groups is 1. The Kier molecular flexibility index (Phi) is 2.76. The molecule has 0 spiro atoms. The Morgan fingerprint density at radius 2 is 1.64 bits per heavy atom. The summed E-state index contributed by atoms with van der Waals surface area (Å²) in [5.74, 6) is 0. The smallest absolute Gasteiger partial charge is 0.191 e. The molecule has 0 saturated heterocycles. The van der Waals surface area contributed by atoms with Crippen LogP contribution in [0.4, 0.5) is 0 Å². The quantitative estimate of drug-likeness (QED) is 0.379. The summed E-state index contributed by atoms with van der Waals surface area (Å²) < 4.78 is 0. The van der Waals surface area contributed by atoms with Crippen LogP contribution >= 0.6 is 0 Å². The molecule has 0 atom stereocenters. The monoisotopic (exact) mass is 288 g/mol. The molecule has 22 heavy (non-hydrogen) atoms. The zero-order valence-electron chi connectivity index (χ0n) is 11.7. The van der Waals surface area contributed by atoms with Crippen molar-refractivity contribution < 1.29 is 5.03 Å². The van der Waals surface area contributed by atoms with E-state index in [4.69, 9.17) is 0 Å². The van der Waals surface area contributed by atoms with Crippen LogP contribution in [0.3, 0.4) is 0 Å². The molecule has 3 aromatic carbocycles. The van der Waals surface area contributed by atoms with Gasteiger partial charge in [0, 0.05) is 12.0 Å². The van der Waals surface area contributed by atoms with Crippen molar-refractivity contribution in [2.75, 3.05) is 0 Å². The second-order valence-electron chi connectivity index (χ2n) is 5.38. The number of benzene rings is 3. The van der Waals surface area contributed by atoms with Crippen LogP contribution in [0.5, 0.6) is 0 Å². The van der Waals surface area contributed by atoms with Gasteiger partial charge in [-0.3, -0.25) is 0 Å². The first kappa shape index (κ1) is 12.7. The average Bonchev–Trinajstić information content (AvgIpc) is 2.51. The molecule has 0 saturated carbocycles. The first-order chi connectivity index (χ1) is 10.7. The highest BCUT2D eigenvalue weighted by Crippen LogP contribution is 2.29. The molecule has 0 bridgehead atoms. The number of hydrogen-bond donors (Lipinski definition) is 0. The largest absolute Gasteiger partial charge is 0.233 e. The van der Waals surface area contributed by atoms with Crippen LogP contribution in [0.15, 0.2) is 59.7 Å². The van der Waals surface area contributed by atoms with E-state index < -0.39 is 5.03 Å². The van der Waals surface area contributed by atoms with Gasteiger partial charge in [-0.05, 0) is 51.4 Å². The Balaban J connectivity index is 2.01. The molecule has 0 fully saturated rings. The van der Waals surface area contributed by atoms with Gasteiger partial charge in [-0.2, -0.15) is 0 Å². The van der Waals surface area contributed by atoms with Crippen molar-refractivity contribution in [2.24, 2.45) is 5.10 Å². The van der Waals surface area contributed by atoms with Crippen molar-refractivity contribution in [1.82, 2.24) is 0 Å². The fourth-order valence-corrected chi connectivity index (χ4v) is 3.00. The van der Waals surface area contributed by atoms with Crippen LogP contribution in [0.25, 0.3) is 27.6 Å². The van der Waals surface area contributed by atoms with E-state index in [-0.39, 0.29) is 0 Å². The molecule has 0 amide bonds. The molecule has 0 aromatic heterocycles. The van der Waals surface area contributed by atoms with Crippen LogP contribution in [0, 0.1) is 10.1 Å². The number of fused-ring (bicyclic) bond motifs is 3. The van der Waals surface area contributed by atoms with Gasteiger partial charge in [0.2, 0.25) is 0 Å². The minimum Gasteiger partial charge on any atom is -0.233 e. The summed E-state index contributed by atoms with van der Waals surface area (Å²) in [6.45, 7) is 0. The summed E-state index contributed by atoms with van der Waals surface area (Å²) in [4.78, 5) is 10.7. The molecular weight excluding hydrogens is 276 g/mol. The summed E-state index contributed by atoms with van der Waals surface area (Å²) in [5.41, 5.74) is 2.34. The molecule has 1 aliphatic rings. The van der Waals surface area contributed by atoms with Gasteiger partial charge in [0.15, 0.2) is 5.03 Å². The van der Waals surface area contributed by atoms with E-state index in [9.17, 15) is 10.1 Å². The molecule has 0 radical (unpaired) electrons. The third-order valence-corrected chi connectivity index (χ3v) is 4.00. The number of rotatable bonds is 1. The van der Waals surface area contributed by atoms with Crippen LogP contribution in [0.1, 0.15) is 17.5 Å². The highest BCUT2D eigenvalue weighted by atomic mass is 16.7. The molecule has 0 unspecified atom stereocenters. The molecule has 3 aromatic rings. The van der Waals surface area contributed by atoms with E-state index in [0.717, 1.165) is 27.3 Å². The van der Waals surface area contributed by atoms with Gasteiger partial charge >= 0.3 is 0 Å². The summed E-state index contributed by atoms with van der Waals surface area (Å²) in [7, 11) is 0. The van der Waals surface area contributed by atoms with E-state index in [1.165, 1.54) is 5.39 Å². The molecule has 0 heterocycles. The fraction of sp³-hybridized carbons (Fsp3) is 0.0556. The van der Waals surface area contributed by atoms with Crippen molar-refractivity contribution in [1.29, 1.82) is 0 Å². The van der Waals surface area contributed by atoms with Gasteiger partial charge in [-0.25, -0.2) is 10.1 Å². The zero-order chi connectivity index (χ0) is 15.1. The maximum Gasteiger partial charge on any atom is 0.191 e. The second kappa shape index (κ2) is 4.77. The maximum atomic E-state index is 10.7. The lowest BCUT2D eigenvalue weighted by Crippen LogP contribution is -2.08. The van der Waals surface area contributed by atoms with E-state index in [1.807, 2.05) is 30.4 Å². The van der Waals surface area contributed by atoms with E-state index in [0.29, 0.717) is 12.1 Å². The molecule has 1 aliphatic carbocycles. The van der Waals surface area contributed by atoms with Crippen molar-refractivity contribution >= 4 is 33.3 Å². The van der Waals surface area contributed by atoms with Gasteiger partial charge in [0.05, 0.1) is 5.10 Å². The van der Waals surface area contributed by atoms with Crippen molar-refractivity contribution in [3.63, 3.8) is 0 Å². The molecular formula is C18H12N2O2. The van der Waals surface area contributed by atoms with Gasteiger partial charge in [-0.1, -0.05) is 36.4 Å². The van der Waals surface area contributed by atoms with Crippen LogP contribution < -0.4 is 0 Å². The summed E-state index contributed by atoms with van der Waals surface area (Å²) in [6.07, 6.45) is 4.41. The van der Waals surface area contributed by atoms with Gasteiger partial charge in [0.1, 0.15) is 5.71 Å². The minimum atomic E-state index is -0.622. The Morgan fingerprint density at radius 3 is 2.32 bits per heavy atom. The number of allylic oxidation sites excluding steroid dienone is 1. The highest BCUT2D eigenvalue weighted by molar-refractivity contribution is 6.10. The van der Waals surface area contributed by atoms with Gasteiger partial charge in [0.25, 0.3) is 0 Å². The maximum absolute atomic E-state index is 10.7. The normalized spacial score (nSPS) is 15.4. The van der Waals surface area contributed by atoms with Crippen LogP contribution in [0.2, 0.25) is 0 Å². The Bertz CT molecular complexity index is 987. The van der Waals surface area contributed by atoms with E-state index in [1.54, 1.807) is 0 Å². The van der Waals surface area contributed by atoms with Crippen LogP contribution in [-0.2, 0) is 0 Å². The first-order valence-electron chi connectivity index (χ1n) is 7.06. The Hall–Kier alpha value is -3.01. The number of hydrogen-bond acceptors (Lipinski definition) is 2. The lowest BCUT2D eigenvalue weighted by molar-refractivity contribution is -0.485. The summed E-state index contributed by atoms with van der Waals surface area (Å²) in [6, 6.07) is 16.5. The Morgan fingerprint density at radius 1 is 0.955 bits per heavy atom. The summed E-state index contributed by atoms with van der Waals surface area (Å²) >= 11 is 0. The predicted octanol–water partition coefficient (Wildman–Crippen LogP) is 4.39. The Labute approximate surface area is 126 Å². The zero-order valence-corrected chi connectivity index (χ0v) is 11.7. The molecule has 4 rings (SSSR count). The lowest BCUT2D eigenvalue weighted by atomic mass is 9.91. The molecule has 0 aliphatic heterocycles. The molecule has 0 N–H and O–H groups in total. The fourth-order valence-electron chi connectivity index (χ4n) is 3.00. The van der Waals surface area contributed by atoms with Gasteiger partial charge < -0.3 is 0 Å². The lowest BCUT2D eigenvalue weighted by Gasteiger charge is -2.13. The van der Waals surface area contributed by atoms with E-state index in [2.05, 4.69) is 35.4 Å². The minimum absolute atomic E-state index is 0.493. The third-order valence-electron chi connectivity index (χ3n) is 4.00. The number of hydrazone groups is 1. The predicted molar refractivity (Wildman–Crippen MR) is 88.6 cm³/mol. The van der Waals surface area contributed by atoms with Crippen molar-refractivity contribution in [2.45, 2.75) is 6.42 Å². The number of nitrogens with zero attached hydrogens (tertiary/aromatic N) is 2. The van der Waals surface area contributed by atoms with Crippen LogP contribution in [-0.4, -0.2) is 10.7 Å². The topological polar surface area (TPSA) is 55.5 Å². The molecule has 106 valence electrons. The second-order valence-corrected chi connectivity index (χ2v) is 5.38. The first-order valence-corrected chi connectivity index (χ1v) is 7.06. The molecule has 4 heteroatoms.